The number of nitrogens with two attached hydrogens (primary N) is 1. The molecule has 1 aliphatic rings. The second-order valence-corrected chi connectivity index (χ2v) is 14.9. The zero-order chi connectivity index (χ0) is 39.4. The Morgan fingerprint density at radius 3 is 2.38 bits per heavy atom. The predicted molar refractivity (Wildman–Crippen MR) is 219 cm³/mol. The molecule has 2 amide bonds. The number of halogens is 1. The van der Waals surface area contributed by atoms with Gasteiger partial charge in [0.25, 0.3) is 0 Å². The number of amides is 2. The van der Waals surface area contributed by atoms with Gasteiger partial charge in [-0.15, -0.1) is 0 Å². The molecule has 3 atom stereocenters. The SMILES string of the molecule is NCCCC(=O)N[C@@H](Cc1c[nH]c2ccc(O)cc12)C(=O)C[C@@H](Cc1ccc(Cl)cc1)C(=O)N[C@@H](Cc1ccncc1)C(=O)CCCC1=CCc2ccccc21. The summed E-state index contributed by atoms with van der Waals surface area (Å²) in [4.78, 5) is 63.0. The molecule has 1 aliphatic carbocycles. The smallest absolute Gasteiger partial charge is 0.224 e. The number of fused-ring (bicyclic) bond motifs is 2. The van der Waals surface area contributed by atoms with Gasteiger partial charge >= 0.3 is 0 Å². The highest BCUT2D eigenvalue weighted by molar-refractivity contribution is 6.30. The molecule has 0 fully saturated rings. The number of phenols is 1. The third kappa shape index (κ3) is 10.8. The van der Waals surface area contributed by atoms with Gasteiger partial charge in [0.1, 0.15) is 5.75 Å². The van der Waals surface area contributed by atoms with Crippen LogP contribution in [0.2, 0.25) is 5.02 Å². The minimum Gasteiger partial charge on any atom is -0.508 e. The Morgan fingerprint density at radius 2 is 1.59 bits per heavy atom. The Labute approximate surface area is 331 Å². The molecule has 6 N–H and O–H groups in total. The van der Waals surface area contributed by atoms with Crippen molar-refractivity contribution in [2.24, 2.45) is 11.7 Å². The number of Topliss-reactive ketones (excluding diaryl/α,β-unsaturated/α-hetero) is 2. The van der Waals surface area contributed by atoms with Crippen LogP contribution in [-0.4, -0.2) is 57.1 Å². The van der Waals surface area contributed by atoms with Gasteiger partial charge in [0, 0.05) is 66.1 Å². The second kappa shape index (κ2) is 19.3. The van der Waals surface area contributed by atoms with E-state index in [0.29, 0.717) is 24.4 Å². The summed E-state index contributed by atoms with van der Waals surface area (Å²) in [6, 6.07) is 22.2. The van der Waals surface area contributed by atoms with E-state index in [-0.39, 0.29) is 61.7 Å². The van der Waals surface area contributed by atoms with E-state index in [1.807, 2.05) is 36.4 Å². The van der Waals surface area contributed by atoms with Gasteiger partial charge in [0.05, 0.1) is 12.1 Å². The number of hydrogen-bond acceptors (Lipinski definition) is 7. The van der Waals surface area contributed by atoms with Crippen molar-refractivity contribution in [2.45, 2.75) is 76.3 Å². The molecule has 0 saturated carbocycles. The number of aromatic hydroxyl groups is 1. The van der Waals surface area contributed by atoms with E-state index in [1.54, 1.807) is 48.9 Å². The summed E-state index contributed by atoms with van der Waals surface area (Å²) in [5.74, 6) is -1.98. The Morgan fingerprint density at radius 1 is 0.839 bits per heavy atom. The van der Waals surface area contributed by atoms with Gasteiger partial charge in [-0.05, 0) is 121 Å². The van der Waals surface area contributed by atoms with Crippen molar-refractivity contribution in [3.63, 3.8) is 0 Å². The van der Waals surface area contributed by atoms with Gasteiger partial charge < -0.3 is 26.5 Å². The fourth-order valence-corrected chi connectivity index (χ4v) is 7.51. The van der Waals surface area contributed by atoms with Crippen LogP contribution in [0.4, 0.5) is 0 Å². The average molecular weight is 774 g/mol. The molecule has 0 aliphatic heterocycles. The van der Waals surface area contributed by atoms with E-state index in [4.69, 9.17) is 17.3 Å². The molecule has 56 heavy (non-hydrogen) atoms. The summed E-state index contributed by atoms with van der Waals surface area (Å²) in [6.45, 7) is 0.322. The van der Waals surface area contributed by atoms with Gasteiger partial charge in [-0.3, -0.25) is 24.2 Å². The van der Waals surface area contributed by atoms with Crippen LogP contribution in [-0.2, 0) is 44.9 Å². The molecule has 3 aromatic carbocycles. The number of nitrogens with one attached hydrogen (secondary N) is 3. The Hall–Kier alpha value is -5.58. The lowest BCUT2D eigenvalue weighted by Crippen LogP contribution is -2.47. The van der Waals surface area contributed by atoms with Gasteiger partial charge in [0.2, 0.25) is 11.8 Å². The third-order valence-electron chi connectivity index (χ3n) is 10.4. The zero-order valence-corrected chi connectivity index (χ0v) is 32.1. The Balaban J connectivity index is 1.22. The molecule has 0 spiro atoms. The van der Waals surface area contributed by atoms with Crippen molar-refractivity contribution in [1.29, 1.82) is 0 Å². The standard InChI is InChI=1S/C45H48ClN5O5/c46-35-14-10-29(11-15-35)23-33(26-43(54)41(50-44(55)9-4-20-47)25-34-28-49-39-17-16-36(52)27-38(34)39)45(56)51-40(24-30-18-21-48-22-19-30)42(53)8-3-6-32-13-12-31-5-1-2-7-37(31)32/h1-2,5,7,10-11,13-19,21-22,27-28,33,40-41,49,52H,3-4,6,8-9,12,20,23-26,47H2,(H,50,55)(H,51,56)/t33-,40+,41+/m1/s1. The molecule has 10 nitrogen and oxygen atoms in total. The van der Waals surface area contributed by atoms with Crippen LogP contribution < -0.4 is 16.4 Å². The number of pyridine rings is 1. The van der Waals surface area contributed by atoms with Crippen LogP contribution >= 0.6 is 11.6 Å². The van der Waals surface area contributed by atoms with Crippen molar-refractivity contribution in [1.82, 2.24) is 20.6 Å². The minimum absolute atomic E-state index is 0.0738. The first-order valence-corrected chi connectivity index (χ1v) is 19.6. The molecule has 0 unspecified atom stereocenters. The number of rotatable bonds is 20. The summed E-state index contributed by atoms with van der Waals surface area (Å²) >= 11 is 6.18. The summed E-state index contributed by atoms with van der Waals surface area (Å²) in [5, 5.41) is 17.4. The number of H-pyrrole nitrogens is 1. The average Bonchev–Trinajstić information content (AvgIpc) is 3.80. The van der Waals surface area contributed by atoms with E-state index in [1.165, 1.54) is 16.7 Å². The first-order valence-electron chi connectivity index (χ1n) is 19.2. The summed E-state index contributed by atoms with van der Waals surface area (Å²) in [7, 11) is 0. The number of carbonyl (C=O) groups excluding carboxylic acids is 4. The molecule has 2 aromatic heterocycles. The van der Waals surface area contributed by atoms with Crippen molar-refractivity contribution >= 4 is 51.5 Å². The highest BCUT2D eigenvalue weighted by Crippen LogP contribution is 2.31. The van der Waals surface area contributed by atoms with E-state index in [0.717, 1.165) is 40.4 Å². The molecule has 0 saturated heterocycles. The van der Waals surface area contributed by atoms with Crippen LogP contribution in [0.3, 0.4) is 0 Å². The molecule has 5 aromatic rings. The number of carbonyl (C=O) groups is 4. The molecular weight excluding hydrogens is 726 g/mol. The van der Waals surface area contributed by atoms with Crippen molar-refractivity contribution in [3.8, 4) is 5.75 Å². The van der Waals surface area contributed by atoms with Crippen LogP contribution in [0, 0.1) is 5.92 Å². The lowest BCUT2D eigenvalue weighted by atomic mass is 9.88. The maximum atomic E-state index is 14.4. The first kappa shape index (κ1) is 40.1. The molecule has 6 rings (SSSR count). The Bertz CT molecular complexity index is 2180. The third-order valence-corrected chi connectivity index (χ3v) is 10.7. The number of ketones is 2. The lowest BCUT2D eigenvalue weighted by molar-refractivity contribution is -0.133. The van der Waals surface area contributed by atoms with Gasteiger partial charge in [-0.25, -0.2) is 0 Å². The van der Waals surface area contributed by atoms with Crippen LogP contribution in [0.15, 0.2) is 104 Å². The van der Waals surface area contributed by atoms with E-state index >= 15 is 0 Å². The molecule has 290 valence electrons. The van der Waals surface area contributed by atoms with E-state index in [2.05, 4.69) is 38.8 Å². The molecule has 0 bridgehead atoms. The monoisotopic (exact) mass is 773 g/mol. The van der Waals surface area contributed by atoms with Crippen molar-refractivity contribution < 1.29 is 24.3 Å². The second-order valence-electron chi connectivity index (χ2n) is 14.5. The van der Waals surface area contributed by atoms with Gasteiger partial charge in [-0.1, -0.05) is 54.1 Å². The van der Waals surface area contributed by atoms with Crippen LogP contribution in [0.1, 0.15) is 66.3 Å². The first-order chi connectivity index (χ1) is 27.2. The molecule has 2 heterocycles. The minimum atomic E-state index is -0.966. The summed E-state index contributed by atoms with van der Waals surface area (Å²) < 4.78 is 0. The largest absolute Gasteiger partial charge is 0.508 e. The maximum Gasteiger partial charge on any atom is 0.224 e. The van der Waals surface area contributed by atoms with E-state index < -0.39 is 23.9 Å². The van der Waals surface area contributed by atoms with Crippen LogP contribution in [0.5, 0.6) is 5.75 Å². The molecular formula is C45H48ClN5O5. The van der Waals surface area contributed by atoms with E-state index in [9.17, 15) is 24.3 Å². The number of aromatic nitrogens is 2. The number of hydrogen-bond donors (Lipinski definition) is 5. The number of allylic oxidation sites excluding steroid dienone is 2. The molecule has 0 radical (unpaired) electrons. The maximum absolute atomic E-state index is 14.4. The number of benzene rings is 3. The fourth-order valence-electron chi connectivity index (χ4n) is 7.39. The number of nitrogens with zero attached hydrogens (tertiary/aromatic N) is 1. The quantitative estimate of drug-likeness (QED) is 0.0593. The topological polar surface area (TPSA) is 167 Å². The van der Waals surface area contributed by atoms with Crippen molar-refractivity contribution in [2.75, 3.05) is 6.54 Å². The zero-order valence-electron chi connectivity index (χ0n) is 31.3. The normalized spacial score (nSPS) is 13.7. The highest BCUT2D eigenvalue weighted by Gasteiger charge is 2.31. The summed E-state index contributed by atoms with van der Waals surface area (Å²) in [6.07, 6.45) is 10.8. The molecule has 11 heteroatoms. The predicted octanol–water partition coefficient (Wildman–Crippen LogP) is 6.61. The van der Waals surface area contributed by atoms with Crippen molar-refractivity contribution in [3.05, 3.63) is 136 Å². The number of phenolic OH excluding ortho intramolecular Hbond substituents is 1. The number of aromatic amines is 1. The van der Waals surface area contributed by atoms with Gasteiger partial charge in [0.15, 0.2) is 11.6 Å². The highest BCUT2D eigenvalue weighted by atomic mass is 35.5. The Kier molecular flexibility index (Phi) is 13.8. The lowest BCUT2D eigenvalue weighted by Gasteiger charge is -2.24. The van der Waals surface area contributed by atoms with Crippen LogP contribution in [0.25, 0.3) is 16.5 Å². The van der Waals surface area contributed by atoms with Gasteiger partial charge in [-0.2, -0.15) is 0 Å². The summed E-state index contributed by atoms with van der Waals surface area (Å²) in [5.41, 5.74) is 12.6. The fraction of sp³-hybridized carbons (Fsp3) is 0.311.